The van der Waals surface area contributed by atoms with E-state index in [0.717, 1.165) is 18.8 Å². The van der Waals surface area contributed by atoms with Crippen LogP contribution in [0.15, 0.2) is 29.0 Å². The van der Waals surface area contributed by atoms with Gasteiger partial charge in [-0.25, -0.2) is 9.37 Å². The number of anilines is 1. The van der Waals surface area contributed by atoms with Crippen molar-refractivity contribution < 1.29 is 9.13 Å². The summed E-state index contributed by atoms with van der Waals surface area (Å²) in [5, 5.41) is 3.17. The molecule has 0 spiro atoms. The van der Waals surface area contributed by atoms with Crippen molar-refractivity contribution in [3.63, 3.8) is 0 Å². The van der Waals surface area contributed by atoms with Crippen molar-refractivity contribution in [1.82, 2.24) is 9.97 Å². The predicted octanol–water partition coefficient (Wildman–Crippen LogP) is 4.43. The standard InChI is InChI=1S/C14H14BrClFN3O/c1-2-3-18-14-7-19-9(6-20-14)8-21-13-5-12(17)11(16)4-10(13)15/h4-7H,2-3,8H2,1H3,(H,18,20). The zero-order valence-electron chi connectivity index (χ0n) is 11.4. The minimum Gasteiger partial charge on any atom is -0.486 e. The minimum absolute atomic E-state index is 0.0420. The quantitative estimate of drug-likeness (QED) is 0.760. The van der Waals surface area contributed by atoms with Crippen LogP contribution in [0.4, 0.5) is 10.2 Å². The van der Waals surface area contributed by atoms with E-state index in [9.17, 15) is 4.39 Å². The molecular weight excluding hydrogens is 361 g/mol. The van der Waals surface area contributed by atoms with Crippen molar-refractivity contribution in [2.24, 2.45) is 0 Å². The first-order valence-electron chi connectivity index (χ1n) is 6.42. The van der Waals surface area contributed by atoms with Gasteiger partial charge < -0.3 is 10.1 Å². The molecule has 7 heteroatoms. The number of halogens is 3. The molecule has 2 rings (SSSR count). The van der Waals surface area contributed by atoms with Gasteiger partial charge in [-0.2, -0.15) is 0 Å². The first kappa shape index (κ1) is 16.0. The highest BCUT2D eigenvalue weighted by Crippen LogP contribution is 2.30. The van der Waals surface area contributed by atoms with Crippen LogP contribution in [-0.4, -0.2) is 16.5 Å². The summed E-state index contributed by atoms with van der Waals surface area (Å²) in [5.74, 6) is 0.561. The first-order chi connectivity index (χ1) is 10.1. The highest BCUT2D eigenvalue weighted by molar-refractivity contribution is 9.10. The second-order valence-corrected chi connectivity index (χ2v) is 5.57. The van der Waals surface area contributed by atoms with Crippen LogP contribution in [0.2, 0.25) is 5.02 Å². The Morgan fingerprint density at radius 1 is 1.33 bits per heavy atom. The van der Waals surface area contributed by atoms with Crippen LogP contribution in [0.25, 0.3) is 0 Å². The van der Waals surface area contributed by atoms with Gasteiger partial charge in [0.15, 0.2) is 0 Å². The van der Waals surface area contributed by atoms with E-state index in [2.05, 4.69) is 38.1 Å². The number of aromatic nitrogens is 2. The molecule has 0 aliphatic rings. The maximum atomic E-state index is 13.4. The molecule has 0 saturated carbocycles. The van der Waals surface area contributed by atoms with Crippen LogP contribution in [-0.2, 0) is 6.61 Å². The number of nitrogens with one attached hydrogen (secondary N) is 1. The molecular formula is C14H14BrClFN3O. The average Bonchev–Trinajstić information content (AvgIpc) is 2.48. The number of ether oxygens (including phenoxy) is 1. The van der Waals surface area contributed by atoms with Crippen molar-refractivity contribution in [2.75, 3.05) is 11.9 Å². The third-order valence-corrected chi connectivity index (χ3v) is 3.52. The molecule has 21 heavy (non-hydrogen) atoms. The summed E-state index contributed by atoms with van der Waals surface area (Å²) in [6, 6.07) is 2.69. The van der Waals surface area contributed by atoms with E-state index in [1.165, 1.54) is 12.1 Å². The lowest BCUT2D eigenvalue weighted by atomic mass is 10.3. The molecule has 1 heterocycles. The predicted molar refractivity (Wildman–Crippen MR) is 84.3 cm³/mol. The smallest absolute Gasteiger partial charge is 0.145 e. The fraction of sp³-hybridized carbons (Fsp3) is 0.286. The van der Waals surface area contributed by atoms with Crippen LogP contribution in [0.5, 0.6) is 5.75 Å². The Labute approximate surface area is 135 Å². The fourth-order valence-corrected chi connectivity index (χ4v) is 2.29. The molecule has 0 saturated heterocycles. The van der Waals surface area contributed by atoms with Gasteiger partial charge in [0.05, 0.1) is 27.6 Å². The van der Waals surface area contributed by atoms with Crippen LogP contribution in [0.3, 0.4) is 0 Å². The van der Waals surface area contributed by atoms with Gasteiger partial charge in [-0.15, -0.1) is 0 Å². The maximum absolute atomic E-state index is 13.4. The summed E-state index contributed by atoms with van der Waals surface area (Å²) >= 11 is 8.95. The SMILES string of the molecule is CCCNc1cnc(COc2cc(F)c(Cl)cc2Br)cn1. The molecule has 2 aromatic rings. The van der Waals surface area contributed by atoms with E-state index in [1.807, 2.05) is 0 Å². The monoisotopic (exact) mass is 373 g/mol. The van der Waals surface area contributed by atoms with Crippen LogP contribution in [0, 0.1) is 5.82 Å². The highest BCUT2D eigenvalue weighted by atomic mass is 79.9. The Hall–Kier alpha value is -1.40. The summed E-state index contributed by atoms with van der Waals surface area (Å²) in [7, 11) is 0. The summed E-state index contributed by atoms with van der Waals surface area (Å²) in [6.45, 7) is 3.12. The molecule has 0 fully saturated rings. The van der Waals surface area contributed by atoms with Gasteiger partial charge in [0.1, 0.15) is 24.0 Å². The lowest BCUT2D eigenvalue weighted by molar-refractivity contribution is 0.297. The van der Waals surface area contributed by atoms with Crippen LogP contribution < -0.4 is 10.1 Å². The van der Waals surface area contributed by atoms with Crippen molar-refractivity contribution in [3.05, 3.63) is 45.5 Å². The summed E-state index contributed by atoms with van der Waals surface area (Å²) in [5.41, 5.74) is 0.652. The fourth-order valence-electron chi connectivity index (χ4n) is 1.54. The van der Waals surface area contributed by atoms with Crippen LogP contribution >= 0.6 is 27.5 Å². The van der Waals surface area contributed by atoms with Gasteiger partial charge in [-0.05, 0) is 28.4 Å². The van der Waals surface area contributed by atoms with E-state index in [0.29, 0.717) is 15.9 Å². The second kappa shape index (κ2) is 7.56. The molecule has 0 radical (unpaired) electrons. The lowest BCUT2D eigenvalue weighted by Crippen LogP contribution is -2.05. The van der Waals surface area contributed by atoms with Gasteiger partial charge in [0, 0.05) is 12.6 Å². The summed E-state index contributed by atoms with van der Waals surface area (Å²) in [6.07, 6.45) is 4.28. The van der Waals surface area contributed by atoms with E-state index < -0.39 is 5.82 Å². The molecule has 0 atom stereocenters. The lowest BCUT2D eigenvalue weighted by Gasteiger charge is -2.09. The van der Waals surface area contributed by atoms with Gasteiger partial charge >= 0.3 is 0 Å². The van der Waals surface area contributed by atoms with Gasteiger partial charge in [0.2, 0.25) is 0 Å². The number of benzene rings is 1. The Morgan fingerprint density at radius 3 is 2.81 bits per heavy atom. The zero-order valence-corrected chi connectivity index (χ0v) is 13.7. The highest BCUT2D eigenvalue weighted by Gasteiger charge is 2.08. The average molecular weight is 375 g/mol. The maximum Gasteiger partial charge on any atom is 0.145 e. The second-order valence-electron chi connectivity index (χ2n) is 4.31. The van der Waals surface area contributed by atoms with E-state index in [1.54, 1.807) is 12.4 Å². The number of hydrogen-bond acceptors (Lipinski definition) is 4. The topological polar surface area (TPSA) is 47.0 Å². The van der Waals surface area contributed by atoms with Gasteiger partial charge in [0.25, 0.3) is 0 Å². The van der Waals surface area contributed by atoms with E-state index in [-0.39, 0.29) is 11.6 Å². The van der Waals surface area contributed by atoms with Crippen molar-refractivity contribution in [1.29, 1.82) is 0 Å². The molecule has 1 aromatic heterocycles. The number of rotatable bonds is 6. The van der Waals surface area contributed by atoms with Crippen molar-refractivity contribution >= 4 is 33.3 Å². The number of hydrogen-bond donors (Lipinski definition) is 1. The summed E-state index contributed by atoms with van der Waals surface area (Å²) < 4.78 is 19.5. The Bertz CT molecular complexity index is 610. The largest absolute Gasteiger partial charge is 0.486 e. The molecule has 0 aliphatic carbocycles. The zero-order chi connectivity index (χ0) is 15.2. The third-order valence-electron chi connectivity index (χ3n) is 2.61. The molecule has 4 nitrogen and oxygen atoms in total. The van der Waals surface area contributed by atoms with E-state index >= 15 is 0 Å². The Kier molecular flexibility index (Phi) is 5.76. The molecule has 0 unspecified atom stereocenters. The molecule has 0 bridgehead atoms. The molecule has 0 aliphatic heterocycles. The molecule has 1 N–H and O–H groups in total. The van der Waals surface area contributed by atoms with Gasteiger partial charge in [-0.3, -0.25) is 4.98 Å². The minimum atomic E-state index is -0.528. The van der Waals surface area contributed by atoms with E-state index in [4.69, 9.17) is 16.3 Å². The third kappa shape index (κ3) is 4.54. The van der Waals surface area contributed by atoms with Gasteiger partial charge in [-0.1, -0.05) is 18.5 Å². The molecule has 0 amide bonds. The molecule has 1 aromatic carbocycles. The Morgan fingerprint density at radius 2 is 2.14 bits per heavy atom. The van der Waals surface area contributed by atoms with Crippen molar-refractivity contribution in [3.8, 4) is 5.75 Å². The number of nitrogens with zero attached hydrogens (tertiary/aromatic N) is 2. The molecule has 112 valence electrons. The summed E-state index contributed by atoms with van der Waals surface area (Å²) in [4.78, 5) is 8.45. The normalized spacial score (nSPS) is 10.5. The Balaban J connectivity index is 1.98. The van der Waals surface area contributed by atoms with Crippen LogP contribution in [0.1, 0.15) is 19.0 Å². The van der Waals surface area contributed by atoms with Crippen molar-refractivity contribution in [2.45, 2.75) is 20.0 Å². The first-order valence-corrected chi connectivity index (χ1v) is 7.59.